The number of halogens is 1. The van der Waals surface area contributed by atoms with Gasteiger partial charge in [-0.1, -0.05) is 11.8 Å². The zero-order chi connectivity index (χ0) is 16.0. The van der Waals surface area contributed by atoms with E-state index < -0.39 is 17.8 Å². The second-order valence-corrected chi connectivity index (χ2v) is 4.63. The van der Waals surface area contributed by atoms with Crippen LogP contribution in [0.4, 0.5) is 4.39 Å². The minimum absolute atomic E-state index is 0.133. The summed E-state index contributed by atoms with van der Waals surface area (Å²) in [6.07, 6.45) is 0. The van der Waals surface area contributed by atoms with E-state index in [0.29, 0.717) is 5.56 Å². The Morgan fingerprint density at radius 2 is 2.10 bits per heavy atom. The highest BCUT2D eigenvalue weighted by atomic mass is 19.1. The molecule has 1 aromatic rings. The van der Waals surface area contributed by atoms with Crippen LogP contribution < -0.4 is 11.1 Å². The number of nitrogens with one attached hydrogen (secondary N) is 1. The van der Waals surface area contributed by atoms with E-state index in [0.717, 1.165) is 6.07 Å². The molecule has 3 N–H and O–H groups in total. The minimum Gasteiger partial charge on any atom is -0.347 e. The summed E-state index contributed by atoms with van der Waals surface area (Å²) in [5.41, 5.74) is 5.54. The van der Waals surface area contributed by atoms with Crippen molar-refractivity contribution in [1.82, 2.24) is 10.2 Å². The number of hydrogen-bond acceptors (Lipinski definition) is 3. The zero-order valence-corrected chi connectivity index (χ0v) is 12.2. The highest BCUT2D eigenvalue weighted by molar-refractivity contribution is 5.97. The van der Waals surface area contributed by atoms with Crippen LogP contribution in [0.2, 0.25) is 0 Å². The second-order valence-electron chi connectivity index (χ2n) is 4.63. The van der Waals surface area contributed by atoms with Gasteiger partial charge in [-0.25, -0.2) is 4.39 Å². The summed E-state index contributed by atoms with van der Waals surface area (Å²) in [4.78, 5) is 25.0. The molecule has 0 fully saturated rings. The monoisotopic (exact) mass is 291 g/mol. The molecule has 0 radical (unpaired) electrons. The first-order valence-electron chi connectivity index (χ1n) is 6.37. The zero-order valence-electron chi connectivity index (χ0n) is 12.2. The van der Waals surface area contributed by atoms with Gasteiger partial charge >= 0.3 is 0 Å². The summed E-state index contributed by atoms with van der Waals surface area (Å²) < 4.78 is 13.9. The quantitative estimate of drug-likeness (QED) is 0.789. The van der Waals surface area contributed by atoms with Crippen LogP contribution in [-0.4, -0.2) is 43.4 Å². The average Bonchev–Trinajstić information content (AvgIpc) is 2.43. The Bertz CT molecular complexity index is 603. The number of nitrogens with zero attached hydrogens (tertiary/aromatic N) is 1. The first kappa shape index (κ1) is 16.7. The third-order valence-electron chi connectivity index (χ3n) is 2.71. The molecule has 0 saturated carbocycles. The molecule has 1 unspecified atom stereocenters. The largest absolute Gasteiger partial charge is 0.347 e. The number of rotatable bonds is 3. The van der Waals surface area contributed by atoms with Gasteiger partial charge in [0.1, 0.15) is 11.9 Å². The van der Waals surface area contributed by atoms with Crippen LogP contribution in [0.5, 0.6) is 0 Å². The van der Waals surface area contributed by atoms with E-state index in [4.69, 9.17) is 5.73 Å². The summed E-state index contributed by atoms with van der Waals surface area (Å²) in [5.74, 6) is 3.67. The van der Waals surface area contributed by atoms with Gasteiger partial charge in [-0.15, -0.1) is 0 Å². The first-order valence-corrected chi connectivity index (χ1v) is 6.37. The molecule has 0 spiro atoms. The standard InChI is InChI=1S/C15H18FN3O2/c1-10(15(21)19(2)3)18-14(20)12-7-6-11(5-4-8-17)9-13(12)16/h6-7,9-10H,8,17H2,1-3H3,(H,18,20). The van der Waals surface area contributed by atoms with Gasteiger partial charge in [0, 0.05) is 19.7 Å². The number of amides is 2. The van der Waals surface area contributed by atoms with Crippen LogP contribution in [0.1, 0.15) is 22.8 Å². The van der Waals surface area contributed by atoms with E-state index in [-0.39, 0.29) is 18.0 Å². The fraction of sp³-hybridized carbons (Fsp3) is 0.333. The lowest BCUT2D eigenvalue weighted by Crippen LogP contribution is -2.44. The first-order chi connectivity index (χ1) is 9.86. The van der Waals surface area contributed by atoms with Crippen molar-refractivity contribution in [3.05, 3.63) is 35.1 Å². The summed E-state index contributed by atoms with van der Waals surface area (Å²) in [7, 11) is 3.16. The maximum absolute atomic E-state index is 13.9. The van der Waals surface area contributed by atoms with Gasteiger partial charge in [0.05, 0.1) is 12.1 Å². The molecule has 0 aliphatic carbocycles. The number of carbonyl (C=O) groups excluding carboxylic acids is 2. The van der Waals surface area contributed by atoms with Crippen molar-refractivity contribution in [2.24, 2.45) is 5.73 Å². The van der Waals surface area contributed by atoms with Crippen LogP contribution in [0.15, 0.2) is 18.2 Å². The van der Waals surface area contributed by atoms with Gasteiger partial charge in [0.15, 0.2) is 0 Å². The highest BCUT2D eigenvalue weighted by Gasteiger charge is 2.19. The molecule has 0 aromatic heterocycles. The number of nitrogens with two attached hydrogens (primary N) is 1. The van der Waals surface area contributed by atoms with E-state index in [1.54, 1.807) is 21.0 Å². The molecular formula is C15H18FN3O2. The lowest BCUT2D eigenvalue weighted by atomic mass is 10.1. The molecule has 1 rings (SSSR count). The maximum Gasteiger partial charge on any atom is 0.254 e. The van der Waals surface area contributed by atoms with Crippen LogP contribution in [-0.2, 0) is 4.79 Å². The number of hydrogen-bond donors (Lipinski definition) is 2. The molecule has 0 heterocycles. The van der Waals surface area contributed by atoms with E-state index in [9.17, 15) is 14.0 Å². The lowest BCUT2D eigenvalue weighted by molar-refractivity contribution is -0.130. The Morgan fingerprint density at radius 1 is 1.43 bits per heavy atom. The van der Waals surface area contributed by atoms with Crippen molar-refractivity contribution in [1.29, 1.82) is 0 Å². The molecule has 1 atom stereocenters. The van der Waals surface area contributed by atoms with Crippen LogP contribution in [0.25, 0.3) is 0 Å². The highest BCUT2D eigenvalue weighted by Crippen LogP contribution is 2.10. The normalized spacial score (nSPS) is 11.1. The van der Waals surface area contributed by atoms with Crippen molar-refractivity contribution in [3.63, 3.8) is 0 Å². The summed E-state index contributed by atoms with van der Waals surface area (Å²) >= 11 is 0. The fourth-order valence-corrected chi connectivity index (χ4v) is 1.65. The van der Waals surface area contributed by atoms with Gasteiger partial charge in [-0.05, 0) is 25.1 Å². The van der Waals surface area contributed by atoms with Gasteiger partial charge in [-0.3, -0.25) is 9.59 Å². The molecule has 0 bridgehead atoms. The Balaban J connectivity index is 2.86. The Kier molecular flexibility index (Phi) is 5.88. The summed E-state index contributed by atoms with van der Waals surface area (Å²) in [5, 5.41) is 2.45. The summed E-state index contributed by atoms with van der Waals surface area (Å²) in [6.45, 7) is 1.72. The number of carbonyl (C=O) groups is 2. The molecule has 6 heteroatoms. The maximum atomic E-state index is 13.9. The van der Waals surface area contributed by atoms with Crippen molar-refractivity contribution < 1.29 is 14.0 Å². The predicted octanol–water partition coefficient (Wildman–Crippen LogP) is 0.342. The van der Waals surface area contributed by atoms with E-state index in [1.807, 2.05) is 0 Å². The smallest absolute Gasteiger partial charge is 0.254 e. The van der Waals surface area contributed by atoms with Crippen molar-refractivity contribution in [2.45, 2.75) is 13.0 Å². The Hall–Kier alpha value is -2.39. The molecule has 0 aliphatic rings. The molecule has 2 amide bonds. The molecule has 5 nitrogen and oxygen atoms in total. The topological polar surface area (TPSA) is 75.4 Å². The summed E-state index contributed by atoms with van der Waals surface area (Å²) in [6, 6.07) is 3.29. The molecule has 1 aromatic carbocycles. The number of likely N-dealkylation sites (N-methyl/N-ethyl adjacent to an activating group) is 1. The molecular weight excluding hydrogens is 273 g/mol. The SMILES string of the molecule is CC(NC(=O)c1ccc(C#CCN)cc1F)C(=O)N(C)C. The Morgan fingerprint density at radius 3 is 2.62 bits per heavy atom. The van der Waals surface area contributed by atoms with Crippen LogP contribution in [0.3, 0.4) is 0 Å². The molecule has 0 aliphatic heterocycles. The third kappa shape index (κ3) is 4.58. The van der Waals surface area contributed by atoms with E-state index in [2.05, 4.69) is 17.2 Å². The average molecular weight is 291 g/mol. The van der Waals surface area contributed by atoms with Crippen LogP contribution >= 0.6 is 0 Å². The molecule has 0 saturated heterocycles. The van der Waals surface area contributed by atoms with Gasteiger partial charge in [0.25, 0.3) is 5.91 Å². The van der Waals surface area contributed by atoms with Crippen molar-refractivity contribution in [2.75, 3.05) is 20.6 Å². The Labute approximate surface area is 123 Å². The van der Waals surface area contributed by atoms with Gasteiger partial charge in [-0.2, -0.15) is 0 Å². The van der Waals surface area contributed by atoms with Gasteiger partial charge < -0.3 is 16.0 Å². The minimum atomic E-state index is -0.733. The lowest BCUT2D eigenvalue weighted by Gasteiger charge is -2.18. The van der Waals surface area contributed by atoms with Crippen LogP contribution in [0, 0.1) is 17.7 Å². The van der Waals surface area contributed by atoms with Crippen molar-refractivity contribution >= 4 is 11.8 Å². The molecule has 21 heavy (non-hydrogen) atoms. The second kappa shape index (κ2) is 7.41. The van der Waals surface area contributed by atoms with E-state index in [1.165, 1.54) is 17.0 Å². The van der Waals surface area contributed by atoms with Gasteiger partial charge in [0.2, 0.25) is 5.91 Å². The number of benzene rings is 1. The van der Waals surface area contributed by atoms with Crippen molar-refractivity contribution in [3.8, 4) is 11.8 Å². The van der Waals surface area contributed by atoms with E-state index >= 15 is 0 Å². The molecule has 112 valence electrons. The fourth-order valence-electron chi connectivity index (χ4n) is 1.65. The third-order valence-corrected chi connectivity index (χ3v) is 2.71. The predicted molar refractivity (Wildman–Crippen MR) is 78.0 cm³/mol.